The molecule has 0 aliphatic carbocycles. The standard InChI is InChI=1S/2C8H18Si.C5H8/c2*1-8-6-4-5-7-9(8,2)3;1-3-5-4-2/h2*8H,4-7H2,1-3H3;3-4H,1-2,5H2. The van der Waals surface area contributed by atoms with Gasteiger partial charge < -0.3 is 0 Å². The van der Waals surface area contributed by atoms with E-state index in [9.17, 15) is 0 Å². The van der Waals surface area contributed by atoms with Crippen molar-refractivity contribution >= 4 is 16.1 Å². The van der Waals surface area contributed by atoms with Gasteiger partial charge in [0.05, 0.1) is 16.1 Å². The van der Waals surface area contributed by atoms with Crippen LogP contribution in [0, 0.1) is 0 Å². The Balaban J connectivity index is 0.000000332. The molecule has 2 saturated heterocycles. The predicted octanol–water partition coefficient (Wildman–Crippen LogP) is 8.29. The van der Waals surface area contributed by atoms with Gasteiger partial charge in [0.2, 0.25) is 0 Å². The largest absolute Gasteiger partial charge is 0.103 e. The Morgan fingerprint density at radius 3 is 1.22 bits per heavy atom. The fraction of sp³-hybridized carbons (Fsp3) is 0.810. The van der Waals surface area contributed by atoms with Crippen LogP contribution in [0.15, 0.2) is 25.3 Å². The van der Waals surface area contributed by atoms with Crippen molar-refractivity contribution < 1.29 is 0 Å². The van der Waals surface area contributed by atoms with Crippen LogP contribution < -0.4 is 0 Å². The highest BCUT2D eigenvalue weighted by Gasteiger charge is 2.30. The van der Waals surface area contributed by atoms with Gasteiger partial charge in [-0.1, -0.05) is 103 Å². The van der Waals surface area contributed by atoms with Gasteiger partial charge in [-0.2, -0.15) is 0 Å². The smallest absolute Gasteiger partial charge is 0.0502 e. The number of hydrogen-bond donors (Lipinski definition) is 0. The molecule has 0 aromatic carbocycles. The molecule has 2 heteroatoms. The summed E-state index contributed by atoms with van der Waals surface area (Å²) in [6, 6.07) is 3.16. The summed E-state index contributed by atoms with van der Waals surface area (Å²) < 4.78 is 0. The second-order valence-electron chi connectivity index (χ2n) is 9.08. The van der Waals surface area contributed by atoms with E-state index >= 15 is 0 Å². The number of hydrogen-bond acceptors (Lipinski definition) is 0. The summed E-state index contributed by atoms with van der Waals surface area (Å²) in [6.07, 6.45) is 13.6. The first-order chi connectivity index (χ1) is 10.7. The first-order valence-corrected chi connectivity index (χ1v) is 16.5. The summed E-state index contributed by atoms with van der Waals surface area (Å²) in [5, 5.41) is 0. The van der Waals surface area contributed by atoms with Gasteiger partial charge in [0.15, 0.2) is 0 Å². The molecule has 2 heterocycles. The molecule has 2 unspecified atom stereocenters. The molecule has 2 fully saturated rings. The van der Waals surface area contributed by atoms with Crippen LogP contribution in [0.4, 0.5) is 0 Å². The second kappa shape index (κ2) is 11.5. The van der Waals surface area contributed by atoms with Crippen LogP contribution in [-0.2, 0) is 0 Å². The van der Waals surface area contributed by atoms with E-state index in [1.165, 1.54) is 38.5 Å². The minimum Gasteiger partial charge on any atom is -0.103 e. The van der Waals surface area contributed by atoms with E-state index in [4.69, 9.17) is 0 Å². The Labute approximate surface area is 149 Å². The van der Waals surface area contributed by atoms with Crippen LogP contribution in [0.3, 0.4) is 0 Å². The third-order valence-corrected chi connectivity index (χ3v) is 15.6. The Kier molecular flexibility index (Phi) is 11.4. The van der Waals surface area contributed by atoms with Gasteiger partial charge >= 0.3 is 0 Å². The molecule has 0 bridgehead atoms. The van der Waals surface area contributed by atoms with Crippen molar-refractivity contribution in [3.8, 4) is 0 Å². The fourth-order valence-electron chi connectivity index (χ4n) is 3.45. The van der Waals surface area contributed by atoms with Crippen molar-refractivity contribution in [3.63, 3.8) is 0 Å². The van der Waals surface area contributed by atoms with Crippen LogP contribution in [0.25, 0.3) is 0 Å². The molecule has 23 heavy (non-hydrogen) atoms. The van der Waals surface area contributed by atoms with Crippen molar-refractivity contribution in [1.82, 2.24) is 0 Å². The second-order valence-corrected chi connectivity index (χ2v) is 20.0. The van der Waals surface area contributed by atoms with Gasteiger partial charge in [-0.3, -0.25) is 0 Å². The number of allylic oxidation sites excluding steroid dienone is 2. The van der Waals surface area contributed by atoms with Crippen molar-refractivity contribution in [2.45, 2.75) is 108 Å². The van der Waals surface area contributed by atoms with E-state index in [-0.39, 0.29) is 0 Å². The van der Waals surface area contributed by atoms with Crippen LogP contribution in [0.5, 0.6) is 0 Å². The van der Waals surface area contributed by atoms with Gasteiger partial charge in [0, 0.05) is 0 Å². The molecule has 0 aromatic heterocycles. The van der Waals surface area contributed by atoms with E-state index in [1.54, 1.807) is 12.1 Å². The summed E-state index contributed by atoms with van der Waals surface area (Å²) in [6.45, 7) is 22.0. The monoisotopic (exact) mass is 352 g/mol. The van der Waals surface area contributed by atoms with Gasteiger partial charge in [0.1, 0.15) is 0 Å². The molecule has 2 atom stereocenters. The molecule has 0 radical (unpaired) electrons. The Bertz CT molecular complexity index is 299. The Hall–Kier alpha value is -0.0862. The quantitative estimate of drug-likeness (QED) is 0.346. The highest BCUT2D eigenvalue weighted by Crippen LogP contribution is 2.37. The molecule has 2 rings (SSSR count). The van der Waals surface area contributed by atoms with Gasteiger partial charge in [-0.15, -0.1) is 13.2 Å². The van der Waals surface area contributed by atoms with Crippen molar-refractivity contribution in [1.29, 1.82) is 0 Å². The first kappa shape index (κ1) is 22.9. The van der Waals surface area contributed by atoms with E-state index in [1.807, 2.05) is 12.2 Å². The normalized spacial score (nSPS) is 28.3. The average molecular weight is 353 g/mol. The molecule has 2 aliphatic heterocycles. The van der Waals surface area contributed by atoms with Crippen molar-refractivity contribution in [2.75, 3.05) is 0 Å². The molecule has 0 N–H and O–H groups in total. The summed E-state index contributed by atoms with van der Waals surface area (Å²) in [4.78, 5) is 0. The molecule has 0 aromatic rings. The molecular weight excluding hydrogens is 308 g/mol. The first-order valence-electron chi connectivity index (χ1n) is 9.89. The van der Waals surface area contributed by atoms with E-state index in [0.717, 1.165) is 17.5 Å². The third-order valence-electron chi connectivity index (χ3n) is 6.42. The lowest BCUT2D eigenvalue weighted by molar-refractivity contribution is 0.635. The van der Waals surface area contributed by atoms with Crippen LogP contribution in [-0.4, -0.2) is 16.1 Å². The minimum atomic E-state index is -0.694. The molecule has 0 amide bonds. The molecule has 2 aliphatic rings. The van der Waals surface area contributed by atoms with Crippen LogP contribution in [0.2, 0.25) is 49.4 Å². The molecule has 0 spiro atoms. The topological polar surface area (TPSA) is 0 Å². The Morgan fingerprint density at radius 1 is 0.739 bits per heavy atom. The van der Waals surface area contributed by atoms with Gasteiger partial charge in [-0.25, -0.2) is 0 Å². The molecule has 136 valence electrons. The zero-order chi connectivity index (χ0) is 17.9. The van der Waals surface area contributed by atoms with Crippen molar-refractivity contribution in [3.05, 3.63) is 25.3 Å². The maximum absolute atomic E-state index is 3.48. The minimum absolute atomic E-state index is 0.694. The van der Waals surface area contributed by atoms with Crippen LogP contribution >= 0.6 is 0 Å². The summed E-state index contributed by atoms with van der Waals surface area (Å²) in [7, 11) is -1.39. The summed E-state index contributed by atoms with van der Waals surface area (Å²) >= 11 is 0. The lowest BCUT2D eigenvalue weighted by Gasteiger charge is -2.34. The van der Waals surface area contributed by atoms with E-state index < -0.39 is 16.1 Å². The van der Waals surface area contributed by atoms with Gasteiger partial charge in [-0.05, 0) is 17.5 Å². The fourth-order valence-corrected chi connectivity index (χ4v) is 8.73. The zero-order valence-corrected chi connectivity index (χ0v) is 19.1. The lowest BCUT2D eigenvalue weighted by atomic mass is 10.2. The summed E-state index contributed by atoms with van der Waals surface area (Å²) in [5.41, 5.74) is 2.18. The zero-order valence-electron chi connectivity index (χ0n) is 17.1. The SMILES string of the molecule is C=CCC=C.CC1CCCC[Si]1(C)C.CC1CCCC[Si]1(C)C. The molecule has 0 saturated carbocycles. The van der Waals surface area contributed by atoms with E-state index in [2.05, 4.69) is 53.2 Å². The third kappa shape index (κ3) is 9.71. The maximum Gasteiger partial charge on any atom is 0.0502 e. The summed E-state index contributed by atoms with van der Waals surface area (Å²) in [5.74, 6) is 0. The molecular formula is C21H44Si2. The van der Waals surface area contributed by atoms with Gasteiger partial charge in [0.25, 0.3) is 0 Å². The van der Waals surface area contributed by atoms with Crippen LogP contribution in [0.1, 0.15) is 58.8 Å². The predicted molar refractivity (Wildman–Crippen MR) is 116 cm³/mol. The lowest BCUT2D eigenvalue weighted by Crippen LogP contribution is -2.33. The van der Waals surface area contributed by atoms with Crippen molar-refractivity contribution in [2.24, 2.45) is 0 Å². The maximum atomic E-state index is 3.48. The highest BCUT2D eigenvalue weighted by molar-refractivity contribution is 6.79. The van der Waals surface area contributed by atoms with E-state index in [0.29, 0.717) is 0 Å². The molecule has 0 nitrogen and oxygen atoms in total. The highest BCUT2D eigenvalue weighted by atomic mass is 28.3. The average Bonchev–Trinajstić information content (AvgIpc) is 2.48. The Morgan fingerprint density at radius 2 is 1.09 bits per heavy atom. The number of rotatable bonds is 2.